The Morgan fingerprint density at radius 2 is 1.81 bits per heavy atom. The lowest BCUT2D eigenvalue weighted by Gasteiger charge is -2.36. The van der Waals surface area contributed by atoms with Crippen LogP contribution in [0.3, 0.4) is 0 Å². The van der Waals surface area contributed by atoms with Crippen LogP contribution in [0.25, 0.3) is 0 Å². The van der Waals surface area contributed by atoms with Gasteiger partial charge in [0.2, 0.25) is 5.91 Å². The van der Waals surface area contributed by atoms with Crippen LogP contribution in [-0.2, 0) is 22.4 Å². The third kappa shape index (κ3) is 5.15. The molecule has 1 fully saturated rings. The minimum absolute atomic E-state index is 0.0634. The molecule has 172 valence electrons. The van der Waals surface area contributed by atoms with Crippen molar-refractivity contribution >= 4 is 33.9 Å². The molecule has 1 aromatic heterocycles. The molecule has 0 saturated carbocycles. The number of ether oxygens (including phenoxy) is 1. The number of esters is 1. The van der Waals surface area contributed by atoms with Crippen LogP contribution < -0.4 is 10.2 Å². The van der Waals surface area contributed by atoms with Gasteiger partial charge >= 0.3 is 5.97 Å². The molecule has 2 aliphatic rings. The first-order chi connectivity index (χ1) is 15.4. The van der Waals surface area contributed by atoms with Crippen molar-refractivity contribution in [1.29, 1.82) is 0 Å². The number of piperazine rings is 1. The summed E-state index contributed by atoms with van der Waals surface area (Å²) in [5.74, 6) is -0.381. The summed E-state index contributed by atoms with van der Waals surface area (Å²) in [5, 5.41) is 3.70. The summed E-state index contributed by atoms with van der Waals surface area (Å²) in [5.41, 5.74) is 4.21. The minimum Gasteiger partial charge on any atom is -0.459 e. The highest BCUT2D eigenvalue weighted by Crippen LogP contribution is 2.38. The second kappa shape index (κ2) is 10.0. The molecule has 6 nitrogen and oxygen atoms in total. The molecule has 0 radical (unpaired) electrons. The Morgan fingerprint density at radius 3 is 2.53 bits per heavy atom. The van der Waals surface area contributed by atoms with E-state index in [0.29, 0.717) is 17.1 Å². The molecule has 2 heterocycles. The van der Waals surface area contributed by atoms with Crippen LogP contribution >= 0.6 is 11.3 Å². The Bertz CT molecular complexity index is 977. The van der Waals surface area contributed by atoms with Gasteiger partial charge in [0.15, 0.2) is 0 Å². The summed E-state index contributed by atoms with van der Waals surface area (Å²) in [6.07, 6.45) is 3.87. The Labute approximate surface area is 194 Å². The zero-order valence-electron chi connectivity index (χ0n) is 19.3. The second-order valence-electron chi connectivity index (χ2n) is 8.97. The van der Waals surface area contributed by atoms with Gasteiger partial charge in [-0.25, -0.2) is 4.79 Å². The number of aryl methyl sites for hydroxylation is 2. The van der Waals surface area contributed by atoms with Crippen LogP contribution in [0.4, 0.5) is 10.7 Å². The number of benzene rings is 1. The highest BCUT2D eigenvalue weighted by molar-refractivity contribution is 7.17. The van der Waals surface area contributed by atoms with Crippen LogP contribution in [0, 0.1) is 6.92 Å². The minimum atomic E-state index is -0.318. The van der Waals surface area contributed by atoms with Crippen molar-refractivity contribution in [1.82, 2.24) is 4.90 Å². The normalized spacial score (nSPS) is 16.7. The lowest BCUT2D eigenvalue weighted by atomic mass is 9.95. The molecule has 1 aliphatic carbocycles. The van der Waals surface area contributed by atoms with E-state index in [-0.39, 0.29) is 18.0 Å². The van der Waals surface area contributed by atoms with Gasteiger partial charge < -0.3 is 15.0 Å². The number of thiophene rings is 1. The molecule has 0 unspecified atom stereocenters. The first kappa shape index (κ1) is 22.8. The topological polar surface area (TPSA) is 61.9 Å². The highest BCUT2D eigenvalue weighted by Gasteiger charge is 2.28. The van der Waals surface area contributed by atoms with Gasteiger partial charge in [0.25, 0.3) is 0 Å². The predicted molar refractivity (Wildman–Crippen MR) is 130 cm³/mol. The number of nitrogens with zero attached hydrogens (tertiary/aromatic N) is 2. The number of fused-ring (bicyclic) bond motifs is 1. The third-order valence-electron chi connectivity index (χ3n) is 6.17. The van der Waals surface area contributed by atoms with Gasteiger partial charge in [-0.1, -0.05) is 18.2 Å². The molecule has 2 aromatic rings. The Morgan fingerprint density at radius 1 is 1.09 bits per heavy atom. The Kier molecular flexibility index (Phi) is 7.16. The first-order valence-corrected chi connectivity index (χ1v) is 12.4. The summed E-state index contributed by atoms with van der Waals surface area (Å²) < 4.78 is 5.50. The highest BCUT2D eigenvalue weighted by atomic mass is 32.1. The average Bonchev–Trinajstić information content (AvgIpc) is 3.12. The van der Waals surface area contributed by atoms with E-state index < -0.39 is 0 Å². The van der Waals surface area contributed by atoms with Gasteiger partial charge in [-0.3, -0.25) is 9.69 Å². The van der Waals surface area contributed by atoms with E-state index in [4.69, 9.17) is 4.74 Å². The van der Waals surface area contributed by atoms with Gasteiger partial charge in [0.05, 0.1) is 18.2 Å². The smallest absolute Gasteiger partial charge is 0.341 e. The number of hydrogen-bond acceptors (Lipinski definition) is 6. The van der Waals surface area contributed by atoms with Crippen LogP contribution in [0.2, 0.25) is 0 Å². The van der Waals surface area contributed by atoms with E-state index in [1.165, 1.54) is 16.1 Å². The van der Waals surface area contributed by atoms with Crippen molar-refractivity contribution in [3.8, 4) is 0 Å². The van der Waals surface area contributed by atoms with E-state index in [1.807, 2.05) is 13.8 Å². The zero-order chi connectivity index (χ0) is 22.7. The lowest BCUT2D eigenvalue weighted by Crippen LogP contribution is -2.48. The van der Waals surface area contributed by atoms with Gasteiger partial charge in [-0.05, 0) is 63.6 Å². The predicted octanol–water partition coefficient (Wildman–Crippen LogP) is 4.26. The third-order valence-corrected chi connectivity index (χ3v) is 7.37. The van der Waals surface area contributed by atoms with E-state index in [2.05, 4.69) is 46.3 Å². The summed E-state index contributed by atoms with van der Waals surface area (Å²) in [4.78, 5) is 31.5. The summed E-state index contributed by atoms with van der Waals surface area (Å²) in [7, 11) is 0. The SMILES string of the molecule is Cc1ccccc1N1CCN(CC(=O)Nc2sc3c(c2C(=O)OC(C)C)CCCC3)CC1. The van der Waals surface area contributed by atoms with Crippen LogP contribution in [0.15, 0.2) is 24.3 Å². The lowest BCUT2D eigenvalue weighted by molar-refractivity contribution is -0.117. The molecular formula is C25H33N3O3S. The number of anilines is 2. The number of para-hydroxylation sites is 1. The molecule has 32 heavy (non-hydrogen) atoms. The molecular weight excluding hydrogens is 422 g/mol. The molecule has 1 aromatic carbocycles. The average molecular weight is 456 g/mol. The standard InChI is InChI=1S/C25H33N3O3S/c1-17(2)31-25(30)23-19-9-5-7-11-21(19)32-24(23)26-22(29)16-27-12-14-28(15-13-27)20-10-6-4-8-18(20)3/h4,6,8,10,17H,5,7,9,11-16H2,1-3H3,(H,26,29). The number of amides is 1. The molecule has 1 N–H and O–H groups in total. The summed E-state index contributed by atoms with van der Waals surface area (Å²) in [6.45, 7) is 9.66. The monoisotopic (exact) mass is 455 g/mol. The van der Waals surface area contributed by atoms with Crippen molar-refractivity contribution in [2.75, 3.05) is 42.9 Å². The maximum Gasteiger partial charge on any atom is 0.341 e. The molecule has 1 amide bonds. The Balaban J connectivity index is 1.39. The number of carbonyl (C=O) groups is 2. The maximum atomic E-state index is 12.9. The fourth-order valence-electron chi connectivity index (χ4n) is 4.58. The van der Waals surface area contributed by atoms with E-state index in [0.717, 1.165) is 57.4 Å². The van der Waals surface area contributed by atoms with Crippen molar-refractivity contribution < 1.29 is 14.3 Å². The fraction of sp³-hybridized carbons (Fsp3) is 0.520. The number of hydrogen-bond donors (Lipinski definition) is 1. The molecule has 0 atom stereocenters. The van der Waals surface area contributed by atoms with Gasteiger partial charge in [0.1, 0.15) is 5.00 Å². The largest absolute Gasteiger partial charge is 0.459 e. The molecule has 7 heteroatoms. The molecule has 1 saturated heterocycles. The van der Waals surface area contributed by atoms with Crippen LogP contribution in [-0.4, -0.2) is 55.6 Å². The fourth-order valence-corrected chi connectivity index (χ4v) is 5.87. The molecule has 0 bridgehead atoms. The number of nitrogens with one attached hydrogen (secondary N) is 1. The van der Waals surface area contributed by atoms with Crippen molar-refractivity contribution in [2.24, 2.45) is 0 Å². The van der Waals surface area contributed by atoms with Crippen LogP contribution in [0.1, 0.15) is 53.1 Å². The van der Waals surface area contributed by atoms with E-state index in [1.54, 1.807) is 11.3 Å². The molecule has 0 spiro atoms. The Hall–Kier alpha value is -2.38. The van der Waals surface area contributed by atoms with Crippen molar-refractivity contribution in [2.45, 2.75) is 52.6 Å². The molecule has 4 rings (SSSR count). The van der Waals surface area contributed by atoms with Gasteiger partial charge in [-0.15, -0.1) is 11.3 Å². The van der Waals surface area contributed by atoms with Gasteiger partial charge in [0, 0.05) is 36.7 Å². The maximum absolute atomic E-state index is 12.9. The number of carbonyl (C=O) groups excluding carboxylic acids is 2. The summed E-state index contributed by atoms with van der Waals surface area (Å²) >= 11 is 1.55. The quantitative estimate of drug-likeness (QED) is 0.660. The van der Waals surface area contributed by atoms with Crippen molar-refractivity contribution in [3.05, 3.63) is 45.8 Å². The second-order valence-corrected chi connectivity index (χ2v) is 10.1. The summed E-state index contributed by atoms with van der Waals surface area (Å²) in [6, 6.07) is 8.43. The van der Waals surface area contributed by atoms with E-state index in [9.17, 15) is 9.59 Å². The molecule has 1 aliphatic heterocycles. The van der Waals surface area contributed by atoms with E-state index >= 15 is 0 Å². The number of rotatable bonds is 6. The van der Waals surface area contributed by atoms with Crippen LogP contribution in [0.5, 0.6) is 0 Å². The van der Waals surface area contributed by atoms with Crippen molar-refractivity contribution in [3.63, 3.8) is 0 Å². The zero-order valence-corrected chi connectivity index (χ0v) is 20.1. The van der Waals surface area contributed by atoms with Gasteiger partial charge in [-0.2, -0.15) is 0 Å². The first-order valence-electron chi connectivity index (χ1n) is 11.6.